The molecule has 9 aromatic carbocycles. The number of aromatic nitrogens is 2. The summed E-state index contributed by atoms with van der Waals surface area (Å²) >= 11 is 0. The molecule has 0 unspecified atom stereocenters. The van der Waals surface area contributed by atoms with E-state index in [1.807, 2.05) is 0 Å². The van der Waals surface area contributed by atoms with Crippen molar-refractivity contribution >= 4 is 72.4 Å². The zero-order valence-corrected chi connectivity index (χ0v) is 36.4. The SMILES string of the molecule is c1ccc(-c2cccc([Si](c3ccccc3)(c3ccccc3)c3ccc(-n4c5ccccc5c5cc(-n6c7ccccc7c7cc(C8CCCCC8)ccc76)ccc54)cc3)c2)cc1. The highest BCUT2D eigenvalue weighted by atomic mass is 28.3. The number of fused-ring (bicyclic) bond motifs is 6. The van der Waals surface area contributed by atoms with Crippen molar-refractivity contribution in [2.75, 3.05) is 0 Å². The van der Waals surface area contributed by atoms with E-state index in [1.165, 1.54) is 119 Å². The van der Waals surface area contributed by atoms with Crippen LogP contribution in [0.5, 0.6) is 0 Å². The van der Waals surface area contributed by atoms with Crippen LogP contribution in [0.4, 0.5) is 0 Å². The third kappa shape index (κ3) is 6.21. The van der Waals surface area contributed by atoms with E-state index in [2.05, 4.69) is 234 Å². The van der Waals surface area contributed by atoms with Crippen molar-refractivity contribution in [1.82, 2.24) is 9.13 Å². The van der Waals surface area contributed by atoms with Gasteiger partial charge in [-0.2, -0.15) is 0 Å². The van der Waals surface area contributed by atoms with E-state index in [0.717, 1.165) is 5.69 Å². The fraction of sp³-hybridized carbons (Fsp3) is 0.100. The van der Waals surface area contributed by atoms with Crippen LogP contribution < -0.4 is 20.7 Å². The largest absolute Gasteiger partial charge is 0.309 e. The lowest BCUT2D eigenvalue weighted by molar-refractivity contribution is 0.444. The number of nitrogens with zero attached hydrogens (tertiary/aromatic N) is 2. The molecule has 0 amide bonds. The number of para-hydroxylation sites is 2. The Morgan fingerprint density at radius 3 is 1.44 bits per heavy atom. The van der Waals surface area contributed by atoms with E-state index in [4.69, 9.17) is 0 Å². The molecule has 2 nitrogen and oxygen atoms in total. The molecule has 0 bridgehead atoms. The van der Waals surface area contributed by atoms with Gasteiger partial charge in [0.05, 0.1) is 22.1 Å². The quantitative estimate of drug-likeness (QED) is 0.107. The van der Waals surface area contributed by atoms with Gasteiger partial charge in [-0.1, -0.05) is 189 Å². The summed E-state index contributed by atoms with van der Waals surface area (Å²) in [7, 11) is -2.79. The molecule has 0 N–H and O–H groups in total. The Hall–Kier alpha value is -7.20. The normalized spacial score (nSPS) is 13.7. The second-order valence-corrected chi connectivity index (χ2v) is 21.3. The third-order valence-corrected chi connectivity index (χ3v) is 18.8. The van der Waals surface area contributed by atoms with Gasteiger partial charge in [0, 0.05) is 32.9 Å². The van der Waals surface area contributed by atoms with E-state index in [1.54, 1.807) is 0 Å². The first-order valence-electron chi connectivity index (χ1n) is 22.7. The van der Waals surface area contributed by atoms with Gasteiger partial charge in [-0.15, -0.1) is 0 Å². The Morgan fingerprint density at radius 2 is 0.794 bits per heavy atom. The van der Waals surface area contributed by atoms with Gasteiger partial charge in [0.25, 0.3) is 0 Å². The van der Waals surface area contributed by atoms with Crippen LogP contribution in [0.15, 0.2) is 224 Å². The molecule has 0 aliphatic heterocycles. The van der Waals surface area contributed by atoms with Crippen LogP contribution in [-0.2, 0) is 0 Å². The summed E-state index contributed by atoms with van der Waals surface area (Å²) in [5.41, 5.74) is 11.3. The number of benzene rings is 9. The topological polar surface area (TPSA) is 9.86 Å². The number of hydrogen-bond acceptors (Lipinski definition) is 0. The van der Waals surface area contributed by atoms with E-state index >= 15 is 0 Å². The molecule has 2 aromatic heterocycles. The van der Waals surface area contributed by atoms with Crippen LogP contribution in [0.1, 0.15) is 43.6 Å². The summed E-state index contributed by atoms with van der Waals surface area (Å²) in [5.74, 6) is 0.670. The molecule has 1 saturated carbocycles. The van der Waals surface area contributed by atoms with Crippen LogP contribution in [0.3, 0.4) is 0 Å². The summed E-state index contributed by atoms with van der Waals surface area (Å²) in [5, 5.41) is 10.7. The average Bonchev–Trinajstić information content (AvgIpc) is 3.88. The predicted octanol–water partition coefficient (Wildman–Crippen LogP) is 13.0. The van der Waals surface area contributed by atoms with E-state index in [9.17, 15) is 0 Å². The first-order valence-corrected chi connectivity index (χ1v) is 24.7. The van der Waals surface area contributed by atoms with Gasteiger partial charge in [0.15, 0.2) is 8.07 Å². The molecule has 0 saturated heterocycles. The van der Waals surface area contributed by atoms with Crippen molar-refractivity contribution in [3.8, 4) is 22.5 Å². The summed E-state index contributed by atoms with van der Waals surface area (Å²) in [6, 6.07) is 84.4. The van der Waals surface area contributed by atoms with Crippen LogP contribution in [0, 0.1) is 0 Å². The van der Waals surface area contributed by atoms with Crippen molar-refractivity contribution in [1.29, 1.82) is 0 Å². The number of hydrogen-bond donors (Lipinski definition) is 0. The summed E-state index contributed by atoms with van der Waals surface area (Å²) in [4.78, 5) is 0. The Morgan fingerprint density at radius 1 is 0.317 bits per heavy atom. The molecule has 1 aliphatic rings. The molecular formula is C60H48N2Si. The van der Waals surface area contributed by atoms with Gasteiger partial charge in [-0.3, -0.25) is 0 Å². The lowest BCUT2D eigenvalue weighted by Gasteiger charge is -2.35. The molecule has 3 heteroatoms. The molecule has 2 heterocycles. The Balaban J connectivity index is 1.02. The monoisotopic (exact) mass is 824 g/mol. The minimum atomic E-state index is -2.79. The van der Waals surface area contributed by atoms with Crippen molar-refractivity contribution < 1.29 is 0 Å². The van der Waals surface area contributed by atoms with Crippen LogP contribution in [0.2, 0.25) is 0 Å². The first kappa shape index (κ1) is 37.5. The molecule has 0 spiro atoms. The summed E-state index contributed by atoms with van der Waals surface area (Å²) < 4.78 is 4.95. The van der Waals surface area contributed by atoms with Crippen LogP contribution in [0.25, 0.3) is 66.1 Å². The molecule has 1 aliphatic carbocycles. The van der Waals surface area contributed by atoms with E-state index in [-0.39, 0.29) is 0 Å². The first-order chi connectivity index (χ1) is 31.3. The van der Waals surface area contributed by atoms with Gasteiger partial charge in [0.2, 0.25) is 0 Å². The fourth-order valence-electron chi connectivity index (χ4n) is 11.1. The maximum Gasteiger partial charge on any atom is 0.179 e. The zero-order chi connectivity index (χ0) is 41.7. The maximum absolute atomic E-state index is 2.79. The maximum atomic E-state index is 2.51. The van der Waals surface area contributed by atoms with Crippen LogP contribution >= 0.6 is 0 Å². The molecular weight excluding hydrogens is 777 g/mol. The second-order valence-electron chi connectivity index (χ2n) is 17.5. The molecule has 11 aromatic rings. The lowest BCUT2D eigenvalue weighted by Crippen LogP contribution is -2.74. The smallest absolute Gasteiger partial charge is 0.179 e. The minimum Gasteiger partial charge on any atom is -0.309 e. The fourth-order valence-corrected chi connectivity index (χ4v) is 15.9. The Kier molecular flexibility index (Phi) is 9.30. The van der Waals surface area contributed by atoms with E-state index in [0.29, 0.717) is 5.92 Å². The second kappa shape index (κ2) is 15.6. The van der Waals surface area contributed by atoms with Crippen molar-refractivity contribution in [2.24, 2.45) is 0 Å². The zero-order valence-electron chi connectivity index (χ0n) is 35.4. The van der Waals surface area contributed by atoms with Gasteiger partial charge in [-0.25, -0.2) is 0 Å². The molecule has 1 fully saturated rings. The van der Waals surface area contributed by atoms with Gasteiger partial charge in [-0.05, 0) is 111 Å². The highest BCUT2D eigenvalue weighted by Crippen LogP contribution is 2.40. The third-order valence-electron chi connectivity index (χ3n) is 14.1. The average molecular weight is 825 g/mol. The highest BCUT2D eigenvalue weighted by Gasteiger charge is 2.41. The van der Waals surface area contributed by atoms with Gasteiger partial charge < -0.3 is 9.13 Å². The van der Waals surface area contributed by atoms with Gasteiger partial charge in [0.1, 0.15) is 0 Å². The van der Waals surface area contributed by atoms with Crippen molar-refractivity contribution in [3.05, 3.63) is 230 Å². The molecule has 12 rings (SSSR count). The summed E-state index contributed by atoms with van der Waals surface area (Å²) in [6.07, 6.45) is 6.67. The molecule has 0 atom stereocenters. The van der Waals surface area contributed by atoms with E-state index < -0.39 is 8.07 Å². The standard InChI is InChI=1S/C60H48N2Si/c1-5-18-43(19-6-1)45-22-17-27-52(40-45)63(49-23-9-3-10-24-49,50-25-11-4-12-26-50)51-36-33-47(34-37-51)61-57-30-15-14-29-54(57)56-42-48(35-39-60(56)61)62-58-31-16-13-28-53(58)55-41-46(32-38-59(55)62)44-20-7-2-8-21-44/h1,3-6,9-19,22-42,44H,2,7-8,20-21H2. The Bertz CT molecular complexity index is 3370. The lowest BCUT2D eigenvalue weighted by atomic mass is 9.84. The van der Waals surface area contributed by atoms with Crippen molar-refractivity contribution in [2.45, 2.75) is 38.0 Å². The molecule has 0 radical (unpaired) electrons. The Labute approximate surface area is 370 Å². The molecule has 302 valence electrons. The summed E-state index contributed by atoms with van der Waals surface area (Å²) in [6.45, 7) is 0. The predicted molar refractivity (Wildman–Crippen MR) is 270 cm³/mol. The van der Waals surface area contributed by atoms with Crippen molar-refractivity contribution in [3.63, 3.8) is 0 Å². The van der Waals surface area contributed by atoms with Gasteiger partial charge >= 0.3 is 0 Å². The van der Waals surface area contributed by atoms with Crippen LogP contribution in [-0.4, -0.2) is 17.2 Å². The molecule has 63 heavy (non-hydrogen) atoms. The number of rotatable bonds is 8. The highest BCUT2D eigenvalue weighted by molar-refractivity contribution is 7.19. The minimum absolute atomic E-state index is 0.670.